The number of pyridine rings is 1. The summed E-state index contributed by atoms with van der Waals surface area (Å²) in [5, 5.41) is 1.02. The van der Waals surface area contributed by atoms with Crippen LogP contribution in [-0.4, -0.2) is 10.9 Å². The predicted octanol–water partition coefficient (Wildman–Crippen LogP) is 4.02. The molecule has 0 aliphatic heterocycles. The molecule has 3 nitrogen and oxygen atoms in total. The van der Waals surface area contributed by atoms with Gasteiger partial charge in [0.05, 0.1) is 10.6 Å². The summed E-state index contributed by atoms with van der Waals surface area (Å²) in [6.45, 7) is 6.87. The number of fused-ring (bicyclic) bond motifs is 2. The van der Waals surface area contributed by atoms with E-state index in [9.17, 15) is 4.79 Å². The fourth-order valence-corrected chi connectivity index (χ4v) is 3.64. The second-order valence-electron chi connectivity index (χ2n) is 6.41. The van der Waals surface area contributed by atoms with Crippen molar-refractivity contribution in [3.63, 3.8) is 0 Å². The van der Waals surface area contributed by atoms with E-state index in [0.717, 1.165) is 28.8 Å². The molecule has 3 rings (SSSR count). The summed E-state index contributed by atoms with van der Waals surface area (Å²) in [5.74, 6) is 0.153. The third-order valence-electron chi connectivity index (χ3n) is 4.70. The first-order chi connectivity index (χ1) is 9.90. The fourth-order valence-electron chi connectivity index (χ4n) is 2.77. The normalized spacial score (nSPS) is 18.0. The van der Waals surface area contributed by atoms with Crippen LogP contribution in [-0.2, 0) is 6.42 Å². The minimum Gasteiger partial charge on any atom is -0.365 e. The average Bonchev–Trinajstić information content (AvgIpc) is 2.87. The van der Waals surface area contributed by atoms with Crippen molar-refractivity contribution in [2.24, 2.45) is 17.1 Å². The van der Waals surface area contributed by atoms with Crippen molar-refractivity contribution < 1.29 is 4.79 Å². The van der Waals surface area contributed by atoms with E-state index in [2.05, 4.69) is 44.0 Å². The Bertz CT molecular complexity index is 743. The molecule has 1 aliphatic rings. The Labute approximate surface area is 128 Å². The van der Waals surface area contributed by atoms with E-state index in [1.165, 1.54) is 16.9 Å². The lowest BCUT2D eigenvalue weighted by molar-refractivity contribution is 0.100. The lowest BCUT2D eigenvalue weighted by atomic mass is 9.72. The zero-order valence-electron chi connectivity index (χ0n) is 12.6. The highest BCUT2D eigenvalue weighted by Gasteiger charge is 2.29. The van der Waals surface area contributed by atoms with Gasteiger partial charge in [0.15, 0.2) is 0 Å². The lowest BCUT2D eigenvalue weighted by Crippen LogP contribution is -2.25. The van der Waals surface area contributed by atoms with Crippen LogP contribution in [0.25, 0.3) is 16.3 Å². The molecule has 1 atom stereocenters. The SMILES string of the molecule is CCC(C)(C)C1C=Cc2nc3sc(C(N)=O)cc3cc2C1. The van der Waals surface area contributed by atoms with E-state index in [4.69, 9.17) is 5.73 Å². The van der Waals surface area contributed by atoms with Gasteiger partial charge in [-0.05, 0) is 41.5 Å². The molecule has 1 unspecified atom stereocenters. The highest BCUT2D eigenvalue weighted by molar-refractivity contribution is 7.20. The van der Waals surface area contributed by atoms with Crippen LogP contribution in [0.4, 0.5) is 0 Å². The van der Waals surface area contributed by atoms with E-state index in [0.29, 0.717) is 10.8 Å². The van der Waals surface area contributed by atoms with Crippen LogP contribution in [0.5, 0.6) is 0 Å². The molecule has 0 bridgehead atoms. The van der Waals surface area contributed by atoms with Gasteiger partial charge in [0.25, 0.3) is 5.91 Å². The molecular weight excluding hydrogens is 280 g/mol. The van der Waals surface area contributed by atoms with Gasteiger partial charge in [-0.3, -0.25) is 4.79 Å². The van der Waals surface area contributed by atoms with Crippen LogP contribution in [0, 0.1) is 11.3 Å². The summed E-state index contributed by atoms with van der Waals surface area (Å²) < 4.78 is 0. The topological polar surface area (TPSA) is 56.0 Å². The third kappa shape index (κ3) is 2.48. The van der Waals surface area contributed by atoms with Crippen molar-refractivity contribution >= 4 is 33.5 Å². The third-order valence-corrected chi connectivity index (χ3v) is 5.76. The maximum Gasteiger partial charge on any atom is 0.258 e. The first-order valence-electron chi connectivity index (χ1n) is 7.32. The van der Waals surface area contributed by atoms with E-state index in [1.807, 2.05) is 6.07 Å². The van der Waals surface area contributed by atoms with Crippen LogP contribution in [0.3, 0.4) is 0 Å². The molecule has 2 aromatic rings. The number of primary amides is 1. The Kier molecular flexibility index (Phi) is 3.36. The Morgan fingerprint density at radius 3 is 2.90 bits per heavy atom. The van der Waals surface area contributed by atoms with Gasteiger partial charge in [-0.15, -0.1) is 11.3 Å². The Morgan fingerprint density at radius 1 is 1.48 bits per heavy atom. The van der Waals surface area contributed by atoms with Gasteiger partial charge in [0, 0.05) is 5.39 Å². The maximum atomic E-state index is 11.3. The number of amides is 1. The molecule has 2 heterocycles. The fraction of sp³-hybridized carbons (Fsp3) is 0.412. The molecule has 1 amide bonds. The molecule has 21 heavy (non-hydrogen) atoms. The number of aromatic nitrogens is 1. The van der Waals surface area contributed by atoms with Gasteiger partial charge < -0.3 is 5.73 Å². The molecule has 2 N–H and O–H groups in total. The summed E-state index contributed by atoms with van der Waals surface area (Å²) in [7, 11) is 0. The highest BCUT2D eigenvalue weighted by Crippen LogP contribution is 2.38. The van der Waals surface area contributed by atoms with Crippen molar-refractivity contribution in [1.82, 2.24) is 4.98 Å². The molecule has 0 saturated heterocycles. The minimum atomic E-state index is -0.378. The monoisotopic (exact) mass is 300 g/mol. The largest absolute Gasteiger partial charge is 0.365 e. The number of nitrogens with two attached hydrogens (primary N) is 1. The zero-order chi connectivity index (χ0) is 15.2. The zero-order valence-corrected chi connectivity index (χ0v) is 13.5. The van der Waals surface area contributed by atoms with Crippen molar-refractivity contribution in [1.29, 1.82) is 0 Å². The second-order valence-corrected chi connectivity index (χ2v) is 7.44. The maximum absolute atomic E-state index is 11.3. The number of hydrogen-bond acceptors (Lipinski definition) is 3. The molecule has 0 fully saturated rings. The van der Waals surface area contributed by atoms with E-state index < -0.39 is 0 Å². The number of allylic oxidation sites excluding steroid dienone is 1. The summed E-state index contributed by atoms with van der Waals surface area (Å²) in [4.78, 5) is 17.5. The molecule has 1 aliphatic carbocycles. The number of thiophene rings is 1. The first-order valence-corrected chi connectivity index (χ1v) is 8.14. The van der Waals surface area contributed by atoms with Crippen LogP contribution < -0.4 is 5.73 Å². The number of rotatable bonds is 3. The van der Waals surface area contributed by atoms with E-state index in [-0.39, 0.29) is 11.3 Å². The molecule has 0 spiro atoms. The number of hydrogen-bond donors (Lipinski definition) is 1. The van der Waals surface area contributed by atoms with Crippen molar-refractivity contribution in [3.8, 4) is 0 Å². The van der Waals surface area contributed by atoms with Gasteiger partial charge in [0.1, 0.15) is 4.83 Å². The Morgan fingerprint density at radius 2 is 2.24 bits per heavy atom. The molecule has 2 aromatic heterocycles. The summed E-state index contributed by atoms with van der Waals surface area (Å²) in [5.41, 5.74) is 7.95. The molecule has 4 heteroatoms. The quantitative estimate of drug-likeness (QED) is 0.931. The molecule has 0 aromatic carbocycles. The Hall–Kier alpha value is -1.68. The van der Waals surface area contributed by atoms with E-state index >= 15 is 0 Å². The summed E-state index contributed by atoms with van der Waals surface area (Å²) >= 11 is 1.37. The first kappa shape index (κ1) is 14.3. The number of nitrogens with zero attached hydrogens (tertiary/aromatic N) is 1. The predicted molar refractivity (Wildman–Crippen MR) is 88.4 cm³/mol. The van der Waals surface area contributed by atoms with Crippen molar-refractivity contribution in [3.05, 3.63) is 34.3 Å². The van der Waals surface area contributed by atoms with Gasteiger partial charge in [-0.25, -0.2) is 4.98 Å². The number of carbonyl (C=O) groups excluding carboxylic acids is 1. The van der Waals surface area contributed by atoms with Gasteiger partial charge in [0.2, 0.25) is 0 Å². The van der Waals surface area contributed by atoms with Crippen LogP contribution in [0.2, 0.25) is 0 Å². The molecule has 0 radical (unpaired) electrons. The lowest BCUT2D eigenvalue weighted by Gasteiger charge is -2.33. The minimum absolute atomic E-state index is 0.288. The number of carbonyl (C=O) groups is 1. The van der Waals surface area contributed by atoms with E-state index in [1.54, 1.807) is 0 Å². The standard InChI is InChI=1S/C17H20N2OS/c1-4-17(2,3)12-5-6-13-10(8-12)7-11-9-14(15(18)20)21-16(11)19-13/h5-7,9,12H,4,8H2,1-3H3,(H2,18,20). The van der Waals surface area contributed by atoms with Gasteiger partial charge >= 0.3 is 0 Å². The smallest absolute Gasteiger partial charge is 0.258 e. The van der Waals surface area contributed by atoms with Crippen molar-refractivity contribution in [2.45, 2.75) is 33.6 Å². The Balaban J connectivity index is 2.02. The van der Waals surface area contributed by atoms with Crippen LogP contribution >= 0.6 is 11.3 Å². The molecule has 0 saturated carbocycles. The van der Waals surface area contributed by atoms with Gasteiger partial charge in [-0.2, -0.15) is 0 Å². The van der Waals surface area contributed by atoms with Gasteiger partial charge in [-0.1, -0.05) is 33.3 Å². The molecule has 110 valence electrons. The average molecular weight is 300 g/mol. The summed E-state index contributed by atoms with van der Waals surface area (Å²) in [6, 6.07) is 4.02. The summed E-state index contributed by atoms with van der Waals surface area (Å²) in [6.07, 6.45) is 6.58. The van der Waals surface area contributed by atoms with Crippen LogP contribution in [0.15, 0.2) is 18.2 Å². The molecular formula is C17H20N2OS. The van der Waals surface area contributed by atoms with Crippen molar-refractivity contribution in [2.75, 3.05) is 0 Å². The van der Waals surface area contributed by atoms with Crippen LogP contribution in [0.1, 0.15) is 48.1 Å². The highest BCUT2D eigenvalue weighted by atomic mass is 32.1. The second kappa shape index (κ2) is 4.95.